The zero-order valence-corrected chi connectivity index (χ0v) is 20.3. The maximum Gasteiger partial charge on any atom is 0.356 e. The Labute approximate surface area is 211 Å². The van der Waals surface area contributed by atoms with Crippen LogP contribution in [-0.4, -0.2) is 53.6 Å². The van der Waals surface area contributed by atoms with Gasteiger partial charge in [0.15, 0.2) is 6.04 Å². The minimum absolute atomic E-state index is 0.00143. The van der Waals surface area contributed by atoms with Crippen LogP contribution >= 0.6 is 0 Å². The number of fused-ring (bicyclic) bond motifs is 3. The molecule has 0 saturated heterocycles. The van der Waals surface area contributed by atoms with Crippen molar-refractivity contribution in [3.8, 4) is 0 Å². The summed E-state index contributed by atoms with van der Waals surface area (Å²) in [5.74, 6) is -2.29. The normalized spacial score (nSPS) is 14.9. The molecule has 0 aliphatic carbocycles. The SMILES string of the molecule is CCOC(=O)CNC(=O)C1c2nc(C(=O)OC)cc3c4ccccc4n(c23)CC(=O)N1c1ccccc1. The predicted molar refractivity (Wildman–Crippen MR) is 135 cm³/mol. The Morgan fingerprint density at radius 2 is 1.78 bits per heavy atom. The number of carbonyl (C=O) groups is 4. The van der Waals surface area contributed by atoms with Crippen LogP contribution in [0, 0.1) is 0 Å². The molecule has 4 aromatic rings. The van der Waals surface area contributed by atoms with Gasteiger partial charge >= 0.3 is 11.9 Å². The number of methoxy groups -OCH3 is 1. The molecule has 188 valence electrons. The van der Waals surface area contributed by atoms with Gasteiger partial charge < -0.3 is 19.4 Å². The lowest BCUT2D eigenvalue weighted by molar-refractivity contribution is -0.143. The second kappa shape index (κ2) is 9.73. The van der Waals surface area contributed by atoms with Gasteiger partial charge in [0, 0.05) is 22.0 Å². The fourth-order valence-electron chi connectivity index (χ4n) is 4.74. The molecule has 0 fully saturated rings. The van der Waals surface area contributed by atoms with Gasteiger partial charge in [0.2, 0.25) is 11.8 Å². The van der Waals surface area contributed by atoms with Crippen LogP contribution in [0.1, 0.15) is 29.1 Å². The molecule has 10 heteroatoms. The summed E-state index contributed by atoms with van der Waals surface area (Å²) < 4.78 is 11.7. The summed E-state index contributed by atoms with van der Waals surface area (Å²) in [6, 6.07) is 16.5. The summed E-state index contributed by atoms with van der Waals surface area (Å²) in [4.78, 5) is 58.1. The number of hydrogen-bond donors (Lipinski definition) is 1. The zero-order chi connectivity index (χ0) is 26.1. The first-order valence-corrected chi connectivity index (χ1v) is 11.7. The highest BCUT2D eigenvalue weighted by Crippen LogP contribution is 2.39. The molecule has 5 rings (SSSR count). The van der Waals surface area contributed by atoms with E-state index in [9.17, 15) is 19.2 Å². The molecule has 1 N–H and O–H groups in total. The molecule has 3 heterocycles. The van der Waals surface area contributed by atoms with Crippen LogP contribution in [0.2, 0.25) is 0 Å². The zero-order valence-electron chi connectivity index (χ0n) is 20.3. The summed E-state index contributed by atoms with van der Waals surface area (Å²) in [7, 11) is 1.25. The molecule has 1 unspecified atom stereocenters. The Kier molecular flexibility index (Phi) is 6.31. The fraction of sp³-hybridized carbons (Fsp3) is 0.222. The van der Waals surface area contributed by atoms with Gasteiger partial charge in [-0.25, -0.2) is 9.78 Å². The number of anilines is 1. The fourth-order valence-corrected chi connectivity index (χ4v) is 4.74. The number of para-hydroxylation sites is 2. The molecule has 37 heavy (non-hydrogen) atoms. The van der Waals surface area contributed by atoms with E-state index >= 15 is 0 Å². The van der Waals surface area contributed by atoms with Gasteiger partial charge in [-0.2, -0.15) is 0 Å². The van der Waals surface area contributed by atoms with E-state index in [0.717, 1.165) is 10.9 Å². The average molecular weight is 501 g/mol. The molecule has 0 bridgehead atoms. The number of rotatable bonds is 6. The van der Waals surface area contributed by atoms with Crippen molar-refractivity contribution in [2.45, 2.75) is 19.5 Å². The first-order chi connectivity index (χ1) is 17.9. The molecular weight excluding hydrogens is 476 g/mol. The molecule has 2 amide bonds. The van der Waals surface area contributed by atoms with E-state index in [1.807, 2.05) is 28.8 Å². The molecule has 10 nitrogen and oxygen atoms in total. The Morgan fingerprint density at radius 1 is 1.05 bits per heavy atom. The van der Waals surface area contributed by atoms with E-state index in [-0.39, 0.29) is 37.0 Å². The minimum Gasteiger partial charge on any atom is -0.465 e. The number of nitrogens with one attached hydrogen (secondary N) is 1. The average Bonchev–Trinajstić information content (AvgIpc) is 3.15. The molecule has 0 radical (unpaired) electrons. The highest BCUT2D eigenvalue weighted by molar-refractivity contribution is 6.14. The van der Waals surface area contributed by atoms with Crippen molar-refractivity contribution in [1.82, 2.24) is 14.9 Å². The van der Waals surface area contributed by atoms with Crippen LogP contribution in [0.5, 0.6) is 0 Å². The highest BCUT2D eigenvalue weighted by Gasteiger charge is 2.40. The van der Waals surface area contributed by atoms with E-state index in [1.165, 1.54) is 12.0 Å². The van der Waals surface area contributed by atoms with Gasteiger partial charge in [0.25, 0.3) is 0 Å². The number of ether oxygens (including phenoxy) is 2. The van der Waals surface area contributed by atoms with Crippen molar-refractivity contribution >= 4 is 51.2 Å². The number of carbonyl (C=O) groups excluding carboxylic acids is 4. The van der Waals surface area contributed by atoms with Gasteiger partial charge in [0.1, 0.15) is 18.8 Å². The number of aromatic nitrogens is 2. The van der Waals surface area contributed by atoms with E-state index in [4.69, 9.17) is 9.47 Å². The monoisotopic (exact) mass is 500 g/mol. The number of hydrogen-bond acceptors (Lipinski definition) is 7. The predicted octanol–water partition coefficient (Wildman–Crippen LogP) is 2.74. The van der Waals surface area contributed by atoms with Crippen molar-refractivity contribution in [2.24, 2.45) is 0 Å². The topological polar surface area (TPSA) is 120 Å². The van der Waals surface area contributed by atoms with Gasteiger partial charge in [0.05, 0.1) is 24.9 Å². The quantitative estimate of drug-likeness (QED) is 0.404. The lowest BCUT2D eigenvalue weighted by Gasteiger charge is -2.29. The molecule has 0 saturated carbocycles. The third kappa shape index (κ3) is 4.16. The summed E-state index contributed by atoms with van der Waals surface area (Å²) in [5.41, 5.74) is 1.98. The second-order valence-electron chi connectivity index (χ2n) is 8.41. The molecule has 1 atom stereocenters. The van der Waals surface area contributed by atoms with E-state index in [2.05, 4.69) is 10.3 Å². The Bertz CT molecular complexity index is 1550. The number of amides is 2. The maximum absolute atomic E-state index is 13.8. The van der Waals surface area contributed by atoms with Gasteiger partial charge in [-0.05, 0) is 31.2 Å². The standard InChI is InChI=1S/C27H24N4O6/c1-3-37-22(33)14-28-26(34)25-23-24-18(13-19(29-23)27(35)36-2)17-11-7-8-12-20(17)30(24)15-21(32)31(25)16-9-5-4-6-10-16/h4-13,25H,3,14-15H2,1-2H3,(H,28,34). The van der Waals surface area contributed by atoms with Gasteiger partial charge in [-0.1, -0.05) is 36.4 Å². The van der Waals surface area contributed by atoms with Crippen molar-refractivity contribution in [2.75, 3.05) is 25.2 Å². The van der Waals surface area contributed by atoms with Crippen LogP contribution in [0.4, 0.5) is 5.69 Å². The van der Waals surface area contributed by atoms with E-state index in [0.29, 0.717) is 16.6 Å². The third-order valence-electron chi connectivity index (χ3n) is 6.24. The summed E-state index contributed by atoms with van der Waals surface area (Å²) in [6.07, 6.45) is 0. The second-order valence-corrected chi connectivity index (χ2v) is 8.41. The minimum atomic E-state index is -1.28. The first kappa shape index (κ1) is 24.0. The summed E-state index contributed by atoms with van der Waals surface area (Å²) >= 11 is 0. The van der Waals surface area contributed by atoms with E-state index < -0.39 is 23.9 Å². The van der Waals surface area contributed by atoms with Crippen LogP contribution in [-0.2, 0) is 30.4 Å². The third-order valence-corrected chi connectivity index (χ3v) is 6.24. The lowest BCUT2D eigenvalue weighted by atomic mass is 10.0. The van der Waals surface area contributed by atoms with Crippen LogP contribution in [0.15, 0.2) is 60.7 Å². The van der Waals surface area contributed by atoms with Gasteiger partial charge in [-0.3, -0.25) is 19.3 Å². The van der Waals surface area contributed by atoms with Gasteiger partial charge in [-0.15, -0.1) is 0 Å². The molecule has 1 aliphatic rings. The van der Waals surface area contributed by atoms with Crippen LogP contribution in [0.3, 0.4) is 0 Å². The molecule has 2 aromatic carbocycles. The maximum atomic E-state index is 13.8. The number of esters is 2. The van der Waals surface area contributed by atoms with Crippen LogP contribution in [0.25, 0.3) is 21.8 Å². The summed E-state index contributed by atoms with van der Waals surface area (Å²) in [6.45, 7) is 1.38. The number of nitrogens with zero attached hydrogens (tertiary/aromatic N) is 3. The smallest absolute Gasteiger partial charge is 0.356 e. The van der Waals surface area contributed by atoms with E-state index in [1.54, 1.807) is 43.3 Å². The van der Waals surface area contributed by atoms with Crippen molar-refractivity contribution < 1.29 is 28.7 Å². The van der Waals surface area contributed by atoms with Crippen molar-refractivity contribution in [1.29, 1.82) is 0 Å². The lowest BCUT2D eigenvalue weighted by Crippen LogP contribution is -2.45. The Morgan fingerprint density at radius 3 is 2.51 bits per heavy atom. The largest absolute Gasteiger partial charge is 0.465 e. The molecule has 1 aliphatic heterocycles. The summed E-state index contributed by atoms with van der Waals surface area (Å²) in [5, 5.41) is 4.05. The molecular formula is C27H24N4O6. The Hall–Kier alpha value is -4.73. The Balaban J connectivity index is 1.78. The highest BCUT2D eigenvalue weighted by atomic mass is 16.5. The number of pyridine rings is 1. The first-order valence-electron chi connectivity index (χ1n) is 11.7. The molecule has 2 aromatic heterocycles. The number of benzene rings is 2. The van der Waals surface area contributed by atoms with Crippen molar-refractivity contribution in [3.05, 3.63) is 72.1 Å². The molecule has 0 spiro atoms. The van der Waals surface area contributed by atoms with Crippen molar-refractivity contribution in [3.63, 3.8) is 0 Å². The van der Waals surface area contributed by atoms with Crippen LogP contribution < -0.4 is 10.2 Å².